The molecule has 4 rings (SSSR count). The fraction of sp³-hybridized carbons (Fsp3) is 0.400. The maximum atomic E-state index is 12.8. The van der Waals surface area contributed by atoms with Gasteiger partial charge in [0.1, 0.15) is 19.0 Å². The number of ether oxygens (including phenoxy) is 2. The van der Waals surface area contributed by atoms with Gasteiger partial charge >= 0.3 is 0 Å². The number of aryl methyl sites for hydroxylation is 1. The highest BCUT2D eigenvalue weighted by atomic mass is 16.6. The van der Waals surface area contributed by atoms with Crippen molar-refractivity contribution in [2.24, 2.45) is 0 Å². The predicted octanol–water partition coefficient (Wildman–Crippen LogP) is 1.01. The largest absolute Gasteiger partial charge is 0.486 e. The van der Waals surface area contributed by atoms with Crippen LogP contribution in [-0.4, -0.2) is 45.3 Å². The number of aromatic nitrogens is 3. The van der Waals surface area contributed by atoms with Gasteiger partial charge in [-0.3, -0.25) is 4.79 Å². The lowest BCUT2D eigenvalue weighted by Crippen LogP contribution is -2.39. The number of para-hydroxylation sites is 1. The van der Waals surface area contributed by atoms with Gasteiger partial charge in [0.25, 0.3) is 5.91 Å². The quantitative estimate of drug-likeness (QED) is 0.786. The molecule has 1 amide bonds. The number of hydrogen-bond donors (Lipinski definition) is 0. The molecule has 0 saturated heterocycles. The molecule has 0 fully saturated rings. The summed E-state index contributed by atoms with van der Waals surface area (Å²) < 4.78 is 13.2. The van der Waals surface area contributed by atoms with E-state index in [9.17, 15) is 4.79 Å². The van der Waals surface area contributed by atoms with Crippen molar-refractivity contribution in [1.82, 2.24) is 19.7 Å². The summed E-state index contributed by atoms with van der Waals surface area (Å²) in [5.41, 5.74) is 0.543. The van der Waals surface area contributed by atoms with Crippen molar-refractivity contribution >= 4 is 5.91 Å². The first kappa shape index (κ1) is 13.1. The van der Waals surface area contributed by atoms with Crippen LogP contribution < -0.4 is 9.47 Å². The summed E-state index contributed by atoms with van der Waals surface area (Å²) in [6, 6.07) is 5.42. The first-order chi connectivity index (χ1) is 10.7. The summed E-state index contributed by atoms with van der Waals surface area (Å²) in [7, 11) is 0. The minimum atomic E-state index is -0.0609. The topological polar surface area (TPSA) is 69.5 Å². The second kappa shape index (κ2) is 5.01. The van der Waals surface area contributed by atoms with Crippen molar-refractivity contribution in [2.45, 2.75) is 20.0 Å². The molecule has 1 aromatic heterocycles. The third kappa shape index (κ3) is 2.01. The average molecular weight is 300 g/mol. The Morgan fingerprint density at radius 2 is 2.05 bits per heavy atom. The van der Waals surface area contributed by atoms with Gasteiger partial charge in [0.05, 0.1) is 12.1 Å². The van der Waals surface area contributed by atoms with Crippen molar-refractivity contribution < 1.29 is 14.3 Å². The second-order valence-electron chi connectivity index (χ2n) is 5.37. The molecule has 2 aromatic rings. The van der Waals surface area contributed by atoms with Crippen LogP contribution in [0.3, 0.4) is 0 Å². The maximum absolute atomic E-state index is 12.8. The van der Waals surface area contributed by atoms with E-state index in [2.05, 4.69) is 10.2 Å². The fourth-order valence-electron chi connectivity index (χ4n) is 2.89. The number of hydrogen-bond acceptors (Lipinski definition) is 5. The predicted molar refractivity (Wildman–Crippen MR) is 76.9 cm³/mol. The zero-order valence-corrected chi connectivity index (χ0v) is 12.3. The lowest BCUT2D eigenvalue weighted by Gasteiger charge is -2.29. The van der Waals surface area contributed by atoms with Crippen LogP contribution in [0.1, 0.15) is 22.0 Å². The zero-order valence-electron chi connectivity index (χ0n) is 12.3. The number of amides is 1. The molecule has 22 heavy (non-hydrogen) atoms. The molecule has 1 aromatic carbocycles. The van der Waals surface area contributed by atoms with Crippen LogP contribution in [0.15, 0.2) is 18.2 Å². The van der Waals surface area contributed by atoms with Gasteiger partial charge in [0, 0.05) is 13.1 Å². The lowest BCUT2D eigenvalue weighted by molar-refractivity contribution is 0.0696. The number of nitrogens with zero attached hydrogens (tertiary/aromatic N) is 4. The molecule has 2 aliphatic rings. The SMILES string of the molecule is Cc1nnc2n1CCN(C(=O)c1cccc3c1OCCO3)C2. The normalized spacial score (nSPS) is 16.3. The molecule has 0 aliphatic carbocycles. The van der Waals surface area contributed by atoms with E-state index in [4.69, 9.17) is 9.47 Å². The van der Waals surface area contributed by atoms with Crippen LogP contribution in [0.4, 0.5) is 0 Å². The first-order valence-electron chi connectivity index (χ1n) is 7.30. The molecule has 0 atom stereocenters. The van der Waals surface area contributed by atoms with Crippen molar-refractivity contribution in [2.75, 3.05) is 19.8 Å². The molecule has 0 saturated carbocycles. The molecule has 0 bridgehead atoms. The Labute approximate surface area is 127 Å². The Hall–Kier alpha value is -2.57. The maximum Gasteiger partial charge on any atom is 0.258 e. The number of carbonyl (C=O) groups excluding carboxylic acids is 1. The minimum Gasteiger partial charge on any atom is -0.486 e. The monoisotopic (exact) mass is 300 g/mol. The van der Waals surface area contributed by atoms with E-state index in [-0.39, 0.29) is 5.91 Å². The number of fused-ring (bicyclic) bond motifs is 2. The van der Waals surface area contributed by atoms with Crippen LogP contribution >= 0.6 is 0 Å². The second-order valence-corrected chi connectivity index (χ2v) is 5.37. The Kier molecular flexibility index (Phi) is 2.99. The van der Waals surface area contributed by atoms with E-state index >= 15 is 0 Å². The van der Waals surface area contributed by atoms with Crippen LogP contribution in [0.25, 0.3) is 0 Å². The molecule has 2 aliphatic heterocycles. The van der Waals surface area contributed by atoms with Crippen LogP contribution in [0.5, 0.6) is 11.5 Å². The van der Waals surface area contributed by atoms with Crippen LogP contribution in [-0.2, 0) is 13.1 Å². The summed E-state index contributed by atoms with van der Waals surface area (Å²) in [5.74, 6) is 2.82. The summed E-state index contributed by atoms with van der Waals surface area (Å²) in [6.45, 7) is 4.71. The van der Waals surface area contributed by atoms with Gasteiger partial charge in [-0.15, -0.1) is 10.2 Å². The third-order valence-electron chi connectivity index (χ3n) is 4.02. The Bertz CT molecular complexity index is 740. The standard InChI is InChI=1S/C15H16N4O3/c1-10-16-17-13-9-18(5-6-19(10)13)15(20)11-3-2-4-12-14(11)22-8-7-21-12/h2-4H,5-9H2,1H3. The number of carbonyl (C=O) groups is 1. The Balaban J connectivity index is 1.63. The Morgan fingerprint density at radius 1 is 1.18 bits per heavy atom. The van der Waals surface area contributed by atoms with Gasteiger partial charge in [-0.25, -0.2) is 0 Å². The summed E-state index contributed by atoms with van der Waals surface area (Å²) in [6.07, 6.45) is 0. The van der Waals surface area contributed by atoms with E-state index in [1.807, 2.05) is 23.6 Å². The van der Waals surface area contributed by atoms with Gasteiger partial charge in [0.2, 0.25) is 0 Å². The molecular formula is C15H16N4O3. The van der Waals surface area contributed by atoms with E-state index in [0.29, 0.717) is 49.9 Å². The highest BCUT2D eigenvalue weighted by molar-refractivity contribution is 5.97. The first-order valence-corrected chi connectivity index (χ1v) is 7.30. The van der Waals surface area contributed by atoms with Gasteiger partial charge < -0.3 is 18.9 Å². The van der Waals surface area contributed by atoms with E-state index in [1.165, 1.54) is 0 Å². The highest BCUT2D eigenvalue weighted by Gasteiger charge is 2.28. The summed E-state index contributed by atoms with van der Waals surface area (Å²) in [4.78, 5) is 14.6. The molecule has 7 nitrogen and oxygen atoms in total. The number of rotatable bonds is 1. The fourth-order valence-corrected chi connectivity index (χ4v) is 2.89. The lowest BCUT2D eigenvalue weighted by atomic mass is 10.1. The van der Waals surface area contributed by atoms with Crippen LogP contribution in [0.2, 0.25) is 0 Å². The van der Waals surface area contributed by atoms with E-state index in [1.54, 1.807) is 11.0 Å². The summed E-state index contributed by atoms with van der Waals surface area (Å²) >= 11 is 0. The Morgan fingerprint density at radius 3 is 2.95 bits per heavy atom. The van der Waals surface area contributed by atoms with Gasteiger partial charge in [-0.05, 0) is 19.1 Å². The van der Waals surface area contributed by atoms with Gasteiger partial charge in [0.15, 0.2) is 17.3 Å². The molecule has 7 heteroatoms. The molecular weight excluding hydrogens is 284 g/mol. The summed E-state index contributed by atoms with van der Waals surface area (Å²) in [5, 5.41) is 8.20. The smallest absolute Gasteiger partial charge is 0.258 e. The molecule has 0 N–H and O–H groups in total. The van der Waals surface area contributed by atoms with Crippen LogP contribution in [0, 0.1) is 6.92 Å². The minimum absolute atomic E-state index is 0.0609. The third-order valence-corrected chi connectivity index (χ3v) is 4.02. The number of benzene rings is 1. The average Bonchev–Trinajstić information content (AvgIpc) is 2.94. The molecule has 3 heterocycles. The molecule has 114 valence electrons. The van der Waals surface area contributed by atoms with Crippen molar-refractivity contribution in [3.05, 3.63) is 35.4 Å². The van der Waals surface area contributed by atoms with Gasteiger partial charge in [-0.1, -0.05) is 6.07 Å². The zero-order chi connectivity index (χ0) is 15.1. The molecule has 0 unspecified atom stereocenters. The van der Waals surface area contributed by atoms with Crippen molar-refractivity contribution in [3.63, 3.8) is 0 Å². The van der Waals surface area contributed by atoms with Crippen molar-refractivity contribution in [1.29, 1.82) is 0 Å². The highest BCUT2D eigenvalue weighted by Crippen LogP contribution is 2.34. The molecule has 0 spiro atoms. The van der Waals surface area contributed by atoms with E-state index < -0.39 is 0 Å². The van der Waals surface area contributed by atoms with E-state index in [0.717, 1.165) is 11.6 Å². The molecule has 0 radical (unpaired) electrons. The van der Waals surface area contributed by atoms with Gasteiger partial charge in [-0.2, -0.15) is 0 Å². The van der Waals surface area contributed by atoms with Crippen molar-refractivity contribution in [3.8, 4) is 11.5 Å².